The zero-order valence-electron chi connectivity index (χ0n) is 9.76. The lowest BCUT2D eigenvalue weighted by atomic mass is 10.2. The number of halogens is 2. The molecule has 0 N–H and O–H groups in total. The van der Waals surface area contributed by atoms with Gasteiger partial charge in [-0.15, -0.1) is 0 Å². The summed E-state index contributed by atoms with van der Waals surface area (Å²) in [5.74, 6) is -0.864. The van der Waals surface area contributed by atoms with Crippen molar-refractivity contribution in [3.05, 3.63) is 57.0 Å². The lowest BCUT2D eigenvalue weighted by molar-refractivity contribution is -0.385. The Bertz CT molecular complexity index is 649. The maximum Gasteiger partial charge on any atom is 0.275 e. The van der Waals surface area contributed by atoms with Crippen molar-refractivity contribution in [3.63, 3.8) is 0 Å². The predicted molar refractivity (Wildman–Crippen MR) is 67.1 cm³/mol. The van der Waals surface area contributed by atoms with E-state index in [9.17, 15) is 14.5 Å². The van der Waals surface area contributed by atoms with Crippen LogP contribution in [0.2, 0.25) is 5.15 Å². The second kappa shape index (κ2) is 5.19. The van der Waals surface area contributed by atoms with E-state index in [2.05, 4.69) is 4.98 Å². The number of rotatable bonds is 3. The van der Waals surface area contributed by atoms with Crippen molar-refractivity contribution >= 4 is 17.3 Å². The van der Waals surface area contributed by atoms with Crippen LogP contribution in [0.5, 0.6) is 11.6 Å². The highest BCUT2D eigenvalue weighted by atomic mass is 35.5. The molecule has 0 radical (unpaired) electrons. The molecule has 0 atom stereocenters. The van der Waals surface area contributed by atoms with E-state index >= 15 is 0 Å². The summed E-state index contributed by atoms with van der Waals surface area (Å²) in [4.78, 5) is 13.8. The summed E-state index contributed by atoms with van der Waals surface area (Å²) in [6, 6.07) is 6.71. The average Bonchev–Trinajstić information content (AvgIpc) is 2.33. The molecule has 0 saturated carbocycles. The Labute approximate surface area is 112 Å². The molecule has 0 amide bonds. The fraction of sp³-hybridized carbons (Fsp3) is 0.0833. The summed E-state index contributed by atoms with van der Waals surface area (Å²) in [7, 11) is 0. The molecule has 1 aromatic carbocycles. The molecular weight excluding hydrogens is 275 g/mol. The van der Waals surface area contributed by atoms with Crippen LogP contribution in [0.4, 0.5) is 10.1 Å². The van der Waals surface area contributed by atoms with E-state index in [4.69, 9.17) is 16.3 Å². The van der Waals surface area contributed by atoms with E-state index in [1.165, 1.54) is 19.1 Å². The molecule has 0 aliphatic heterocycles. The molecule has 0 unspecified atom stereocenters. The molecule has 0 spiro atoms. The normalized spacial score (nSPS) is 10.3. The van der Waals surface area contributed by atoms with Crippen molar-refractivity contribution in [2.24, 2.45) is 0 Å². The van der Waals surface area contributed by atoms with Gasteiger partial charge >= 0.3 is 0 Å². The van der Waals surface area contributed by atoms with Gasteiger partial charge in [-0.25, -0.2) is 9.37 Å². The van der Waals surface area contributed by atoms with Crippen molar-refractivity contribution in [2.75, 3.05) is 0 Å². The van der Waals surface area contributed by atoms with Crippen LogP contribution in [0.15, 0.2) is 30.3 Å². The van der Waals surface area contributed by atoms with Gasteiger partial charge in [-0.3, -0.25) is 10.1 Å². The number of ether oxygens (including phenoxy) is 1. The van der Waals surface area contributed by atoms with Crippen LogP contribution >= 0.6 is 11.6 Å². The number of nitro benzene ring substituents is 1. The summed E-state index contributed by atoms with van der Waals surface area (Å²) in [6.07, 6.45) is 0. The zero-order valence-corrected chi connectivity index (χ0v) is 10.5. The largest absolute Gasteiger partial charge is 0.436 e. The second-order valence-corrected chi connectivity index (χ2v) is 4.11. The molecular formula is C12H8ClFN2O3. The summed E-state index contributed by atoms with van der Waals surface area (Å²) >= 11 is 5.67. The van der Waals surface area contributed by atoms with Crippen LogP contribution in [0.1, 0.15) is 5.56 Å². The molecule has 1 aromatic heterocycles. The van der Waals surface area contributed by atoms with Gasteiger partial charge in [-0.1, -0.05) is 17.7 Å². The van der Waals surface area contributed by atoms with Crippen molar-refractivity contribution < 1.29 is 14.1 Å². The van der Waals surface area contributed by atoms with Gasteiger partial charge in [0.1, 0.15) is 5.15 Å². The summed E-state index contributed by atoms with van der Waals surface area (Å²) in [5.41, 5.74) is -0.00710. The Morgan fingerprint density at radius 2 is 2.16 bits per heavy atom. The Kier molecular flexibility index (Phi) is 3.62. The zero-order chi connectivity index (χ0) is 14.0. The first kappa shape index (κ1) is 13.2. The molecule has 5 nitrogen and oxygen atoms in total. The monoisotopic (exact) mass is 282 g/mol. The maximum absolute atomic E-state index is 13.7. The molecule has 19 heavy (non-hydrogen) atoms. The molecule has 98 valence electrons. The quantitative estimate of drug-likeness (QED) is 0.487. The summed E-state index contributed by atoms with van der Waals surface area (Å²) < 4.78 is 18.9. The molecule has 0 aliphatic carbocycles. The van der Waals surface area contributed by atoms with E-state index in [1.807, 2.05) is 0 Å². The van der Waals surface area contributed by atoms with Gasteiger partial charge in [-0.2, -0.15) is 0 Å². The van der Waals surface area contributed by atoms with E-state index < -0.39 is 10.7 Å². The number of hydrogen-bond acceptors (Lipinski definition) is 4. The average molecular weight is 283 g/mol. The number of nitrogens with zero attached hydrogens (tertiary/aromatic N) is 2. The van der Waals surface area contributed by atoms with Gasteiger partial charge < -0.3 is 4.74 Å². The van der Waals surface area contributed by atoms with Crippen LogP contribution < -0.4 is 4.74 Å². The molecule has 2 rings (SSSR count). The minimum Gasteiger partial charge on any atom is -0.436 e. The van der Waals surface area contributed by atoms with E-state index in [1.54, 1.807) is 12.1 Å². The lowest BCUT2D eigenvalue weighted by Crippen LogP contribution is -1.96. The van der Waals surface area contributed by atoms with Gasteiger partial charge in [0.05, 0.1) is 11.0 Å². The van der Waals surface area contributed by atoms with E-state index in [-0.39, 0.29) is 22.5 Å². The molecule has 0 fully saturated rings. The highest BCUT2D eigenvalue weighted by Gasteiger charge is 2.17. The van der Waals surface area contributed by atoms with Crippen LogP contribution in [0, 0.1) is 22.9 Å². The number of nitro groups is 1. The molecule has 0 bridgehead atoms. The molecule has 7 heteroatoms. The maximum atomic E-state index is 13.7. The van der Waals surface area contributed by atoms with Crippen molar-refractivity contribution in [1.29, 1.82) is 0 Å². The van der Waals surface area contributed by atoms with Crippen LogP contribution in [0.3, 0.4) is 0 Å². The van der Waals surface area contributed by atoms with Crippen molar-refractivity contribution in [3.8, 4) is 11.6 Å². The molecule has 0 aliphatic rings. The van der Waals surface area contributed by atoms with Crippen LogP contribution in [-0.2, 0) is 0 Å². The van der Waals surface area contributed by atoms with Crippen molar-refractivity contribution in [2.45, 2.75) is 6.92 Å². The number of benzene rings is 1. The Hall–Kier alpha value is -2.21. The number of aryl methyl sites for hydroxylation is 1. The standard InChI is InChI=1S/C12H8ClFN2O3/c1-7-5-10(8(14)6-9(7)16(17)18)19-12-4-2-3-11(13)15-12/h2-6H,1H3. The highest BCUT2D eigenvalue weighted by Crippen LogP contribution is 2.30. The Morgan fingerprint density at radius 3 is 2.79 bits per heavy atom. The fourth-order valence-corrected chi connectivity index (χ4v) is 1.63. The van der Waals surface area contributed by atoms with Gasteiger partial charge in [0, 0.05) is 11.6 Å². The first-order valence-corrected chi connectivity index (χ1v) is 5.60. The number of aromatic nitrogens is 1. The minimum absolute atomic E-state index is 0.111. The van der Waals surface area contributed by atoms with E-state index in [0.717, 1.165) is 6.07 Å². The summed E-state index contributed by atoms with van der Waals surface area (Å²) in [5, 5.41) is 10.9. The Morgan fingerprint density at radius 1 is 1.42 bits per heavy atom. The fourth-order valence-electron chi connectivity index (χ4n) is 1.48. The number of pyridine rings is 1. The highest BCUT2D eigenvalue weighted by molar-refractivity contribution is 6.29. The van der Waals surface area contributed by atoms with Gasteiger partial charge in [0.25, 0.3) is 5.69 Å². The SMILES string of the molecule is Cc1cc(Oc2cccc(Cl)n2)c(F)cc1[N+](=O)[O-]. The lowest BCUT2D eigenvalue weighted by Gasteiger charge is -2.07. The topological polar surface area (TPSA) is 65.3 Å². The third-order valence-corrected chi connectivity index (χ3v) is 2.56. The second-order valence-electron chi connectivity index (χ2n) is 3.73. The minimum atomic E-state index is -0.834. The summed E-state index contributed by atoms with van der Waals surface area (Å²) in [6.45, 7) is 1.50. The van der Waals surface area contributed by atoms with Crippen molar-refractivity contribution in [1.82, 2.24) is 4.98 Å². The third kappa shape index (κ3) is 2.97. The van der Waals surface area contributed by atoms with Gasteiger partial charge in [0.15, 0.2) is 11.6 Å². The number of hydrogen-bond donors (Lipinski definition) is 0. The first-order chi connectivity index (χ1) is 8.97. The molecule has 0 saturated heterocycles. The van der Waals surface area contributed by atoms with Crippen LogP contribution in [0.25, 0.3) is 0 Å². The first-order valence-electron chi connectivity index (χ1n) is 5.22. The van der Waals surface area contributed by atoms with E-state index in [0.29, 0.717) is 5.56 Å². The Balaban J connectivity index is 2.36. The predicted octanol–water partition coefficient (Wildman–Crippen LogP) is 3.88. The third-order valence-electron chi connectivity index (χ3n) is 2.35. The molecule has 1 heterocycles. The van der Waals surface area contributed by atoms with Gasteiger partial charge in [0.2, 0.25) is 5.88 Å². The molecule has 2 aromatic rings. The smallest absolute Gasteiger partial charge is 0.275 e. The van der Waals surface area contributed by atoms with Crippen LogP contribution in [-0.4, -0.2) is 9.91 Å². The van der Waals surface area contributed by atoms with Gasteiger partial charge in [-0.05, 0) is 19.1 Å².